The van der Waals surface area contributed by atoms with Crippen LogP contribution in [0, 0.1) is 0 Å². The summed E-state index contributed by atoms with van der Waals surface area (Å²) in [5.74, 6) is 0.811. The number of nitrogens with one attached hydrogen (secondary N) is 2. The van der Waals surface area contributed by atoms with Crippen molar-refractivity contribution in [2.45, 2.75) is 40.4 Å². The van der Waals surface area contributed by atoms with Gasteiger partial charge in [-0.2, -0.15) is 0 Å². The van der Waals surface area contributed by atoms with E-state index in [0.717, 1.165) is 37.8 Å². The molecule has 148 valence electrons. The summed E-state index contributed by atoms with van der Waals surface area (Å²) in [6.07, 6.45) is 1.81. The Bertz CT molecular complexity index is 654. The van der Waals surface area contributed by atoms with Crippen LogP contribution in [0.15, 0.2) is 53.7 Å². The molecule has 6 heteroatoms. The van der Waals surface area contributed by atoms with Crippen LogP contribution in [-0.4, -0.2) is 35.5 Å². The highest BCUT2D eigenvalue weighted by atomic mass is 127. The average Bonchev–Trinajstić information content (AvgIpc) is 2.70. The Morgan fingerprint density at radius 2 is 1.67 bits per heavy atom. The summed E-state index contributed by atoms with van der Waals surface area (Å²) in [5, 5.41) is 6.61. The molecule has 0 atom stereocenters. The van der Waals surface area contributed by atoms with E-state index < -0.39 is 0 Å². The molecule has 5 nitrogen and oxygen atoms in total. The smallest absolute Gasteiger partial charge is 0.191 e. The van der Waals surface area contributed by atoms with E-state index in [1.165, 1.54) is 11.1 Å². The molecule has 0 bridgehead atoms. The van der Waals surface area contributed by atoms with Gasteiger partial charge in [-0.25, -0.2) is 4.99 Å². The lowest BCUT2D eigenvalue weighted by Crippen LogP contribution is -2.37. The van der Waals surface area contributed by atoms with Crippen molar-refractivity contribution >= 4 is 29.9 Å². The first-order valence-electron chi connectivity index (χ1n) is 9.47. The first-order valence-corrected chi connectivity index (χ1v) is 9.47. The van der Waals surface area contributed by atoms with E-state index in [4.69, 9.17) is 0 Å². The fourth-order valence-electron chi connectivity index (χ4n) is 2.64. The van der Waals surface area contributed by atoms with Gasteiger partial charge < -0.3 is 10.6 Å². The van der Waals surface area contributed by atoms with Crippen LogP contribution in [0.5, 0.6) is 0 Å². The third kappa shape index (κ3) is 8.71. The van der Waals surface area contributed by atoms with Crippen LogP contribution in [0.25, 0.3) is 0 Å². The van der Waals surface area contributed by atoms with Gasteiger partial charge >= 0.3 is 0 Å². The second-order valence-electron chi connectivity index (χ2n) is 6.15. The molecule has 2 rings (SSSR count). The second-order valence-corrected chi connectivity index (χ2v) is 6.15. The maximum atomic E-state index is 4.68. The highest BCUT2D eigenvalue weighted by molar-refractivity contribution is 14.0. The summed E-state index contributed by atoms with van der Waals surface area (Å²) in [6, 6.07) is 14.7. The Morgan fingerprint density at radius 3 is 2.26 bits per heavy atom. The number of guanidine groups is 1. The standard InChI is InChI=1S/C21H31N5.HI/c1-4-22-21(25-16-20-9-7-8-14-23-20)24-15-18-10-12-19(13-11-18)17-26(5-2)6-3;/h7-14H,4-6,15-17H2,1-3H3,(H2,22,24,25);1H. The molecule has 1 heterocycles. The van der Waals surface area contributed by atoms with E-state index in [9.17, 15) is 0 Å². The van der Waals surface area contributed by atoms with Crippen LogP contribution in [0.2, 0.25) is 0 Å². The third-order valence-electron chi connectivity index (χ3n) is 4.25. The summed E-state index contributed by atoms with van der Waals surface area (Å²) in [6.45, 7) is 11.8. The minimum absolute atomic E-state index is 0. The lowest BCUT2D eigenvalue weighted by molar-refractivity contribution is 0.296. The van der Waals surface area contributed by atoms with Gasteiger partial charge in [-0.05, 0) is 43.3 Å². The van der Waals surface area contributed by atoms with Gasteiger partial charge in [-0.1, -0.05) is 44.2 Å². The summed E-state index contributed by atoms with van der Waals surface area (Å²) in [4.78, 5) is 11.4. The number of rotatable bonds is 9. The van der Waals surface area contributed by atoms with Crippen molar-refractivity contribution < 1.29 is 0 Å². The Kier molecular flexibility index (Phi) is 11.7. The Balaban J connectivity index is 0.00000364. The molecule has 1 aromatic heterocycles. The van der Waals surface area contributed by atoms with Crippen molar-refractivity contribution in [3.05, 3.63) is 65.5 Å². The van der Waals surface area contributed by atoms with Crippen molar-refractivity contribution in [1.29, 1.82) is 0 Å². The summed E-state index contributed by atoms with van der Waals surface area (Å²) in [5.41, 5.74) is 3.56. The summed E-state index contributed by atoms with van der Waals surface area (Å²) >= 11 is 0. The Morgan fingerprint density at radius 1 is 0.963 bits per heavy atom. The normalized spacial score (nSPS) is 11.2. The average molecular weight is 481 g/mol. The molecule has 0 unspecified atom stereocenters. The number of nitrogens with zero attached hydrogens (tertiary/aromatic N) is 3. The quantitative estimate of drug-likeness (QED) is 0.325. The van der Waals surface area contributed by atoms with E-state index in [1.807, 2.05) is 18.2 Å². The van der Waals surface area contributed by atoms with Gasteiger partial charge in [0.05, 0.1) is 18.8 Å². The van der Waals surface area contributed by atoms with Crippen molar-refractivity contribution in [2.75, 3.05) is 19.6 Å². The van der Waals surface area contributed by atoms with E-state index in [1.54, 1.807) is 6.20 Å². The molecule has 0 spiro atoms. The molecule has 0 saturated carbocycles. The van der Waals surface area contributed by atoms with E-state index in [-0.39, 0.29) is 24.0 Å². The molecule has 0 radical (unpaired) electrons. The molecule has 2 aromatic rings. The highest BCUT2D eigenvalue weighted by Gasteiger charge is 2.02. The van der Waals surface area contributed by atoms with Crippen molar-refractivity contribution in [3.8, 4) is 0 Å². The number of hydrogen-bond donors (Lipinski definition) is 2. The fourth-order valence-corrected chi connectivity index (χ4v) is 2.64. The monoisotopic (exact) mass is 481 g/mol. The molecule has 0 aliphatic carbocycles. The van der Waals surface area contributed by atoms with Gasteiger partial charge in [0.25, 0.3) is 0 Å². The molecule has 0 aliphatic heterocycles. The minimum Gasteiger partial charge on any atom is -0.357 e. The number of aliphatic imine (C=N–C) groups is 1. The Labute approximate surface area is 180 Å². The van der Waals surface area contributed by atoms with Crippen LogP contribution in [-0.2, 0) is 19.6 Å². The molecule has 1 aromatic carbocycles. The third-order valence-corrected chi connectivity index (χ3v) is 4.25. The maximum absolute atomic E-state index is 4.68. The topological polar surface area (TPSA) is 52.6 Å². The zero-order chi connectivity index (χ0) is 18.6. The predicted octanol–water partition coefficient (Wildman–Crippen LogP) is 3.80. The Hall–Kier alpha value is -1.67. The molecule has 0 fully saturated rings. The number of hydrogen-bond acceptors (Lipinski definition) is 3. The van der Waals surface area contributed by atoms with Crippen LogP contribution >= 0.6 is 24.0 Å². The molecule has 0 amide bonds. The fraction of sp³-hybridized carbons (Fsp3) is 0.429. The van der Waals surface area contributed by atoms with Gasteiger partial charge in [-0.15, -0.1) is 24.0 Å². The van der Waals surface area contributed by atoms with E-state index in [0.29, 0.717) is 13.1 Å². The SMILES string of the molecule is CCNC(=NCc1ccc(CN(CC)CC)cc1)NCc1ccccn1.I. The van der Waals surface area contributed by atoms with Crippen LogP contribution in [0.4, 0.5) is 0 Å². The number of pyridine rings is 1. The van der Waals surface area contributed by atoms with Crippen molar-refractivity contribution in [1.82, 2.24) is 20.5 Å². The largest absolute Gasteiger partial charge is 0.357 e. The lowest BCUT2D eigenvalue weighted by Gasteiger charge is -2.18. The molecule has 0 aliphatic rings. The van der Waals surface area contributed by atoms with E-state index in [2.05, 4.69) is 70.5 Å². The summed E-state index contributed by atoms with van der Waals surface area (Å²) in [7, 11) is 0. The highest BCUT2D eigenvalue weighted by Crippen LogP contribution is 2.08. The predicted molar refractivity (Wildman–Crippen MR) is 124 cm³/mol. The van der Waals surface area contributed by atoms with Gasteiger partial charge in [0.15, 0.2) is 5.96 Å². The maximum Gasteiger partial charge on any atom is 0.191 e. The minimum atomic E-state index is 0. The first kappa shape index (κ1) is 23.4. The van der Waals surface area contributed by atoms with Gasteiger partial charge in [0.1, 0.15) is 0 Å². The van der Waals surface area contributed by atoms with Crippen LogP contribution in [0.1, 0.15) is 37.6 Å². The lowest BCUT2D eigenvalue weighted by atomic mass is 10.1. The number of aromatic nitrogens is 1. The zero-order valence-corrected chi connectivity index (χ0v) is 18.9. The van der Waals surface area contributed by atoms with Gasteiger partial charge in [0.2, 0.25) is 0 Å². The first-order chi connectivity index (χ1) is 12.7. The van der Waals surface area contributed by atoms with E-state index >= 15 is 0 Å². The van der Waals surface area contributed by atoms with Crippen LogP contribution < -0.4 is 10.6 Å². The molecule has 27 heavy (non-hydrogen) atoms. The molecular weight excluding hydrogens is 449 g/mol. The van der Waals surface area contributed by atoms with Crippen molar-refractivity contribution in [2.24, 2.45) is 4.99 Å². The van der Waals surface area contributed by atoms with Crippen LogP contribution in [0.3, 0.4) is 0 Å². The van der Waals surface area contributed by atoms with Gasteiger partial charge in [0, 0.05) is 19.3 Å². The molecule has 0 saturated heterocycles. The second kappa shape index (κ2) is 13.5. The number of benzene rings is 1. The summed E-state index contributed by atoms with van der Waals surface area (Å²) < 4.78 is 0. The number of halogens is 1. The molecular formula is C21H32IN5. The zero-order valence-electron chi connectivity index (χ0n) is 16.6. The van der Waals surface area contributed by atoms with Crippen molar-refractivity contribution in [3.63, 3.8) is 0 Å². The van der Waals surface area contributed by atoms with Gasteiger partial charge in [-0.3, -0.25) is 9.88 Å². The molecule has 2 N–H and O–H groups in total.